The zero-order chi connectivity index (χ0) is 25.7. The highest BCUT2D eigenvalue weighted by Gasteiger charge is 2.37. The van der Waals surface area contributed by atoms with Crippen LogP contribution in [0.2, 0.25) is 0 Å². The van der Waals surface area contributed by atoms with Crippen molar-refractivity contribution in [1.29, 1.82) is 0 Å². The summed E-state index contributed by atoms with van der Waals surface area (Å²) in [6.45, 7) is 4.26. The van der Waals surface area contributed by atoms with E-state index in [1.165, 1.54) is 4.90 Å². The maximum absolute atomic E-state index is 13.5. The quantitative estimate of drug-likeness (QED) is 0.534. The summed E-state index contributed by atoms with van der Waals surface area (Å²) in [5, 5.41) is 2.82. The van der Waals surface area contributed by atoms with E-state index in [-0.39, 0.29) is 19.6 Å². The molecule has 0 fully saturated rings. The zero-order valence-electron chi connectivity index (χ0n) is 20.6. The maximum atomic E-state index is 13.5. The van der Waals surface area contributed by atoms with Crippen LogP contribution in [0.3, 0.4) is 0 Å². The van der Waals surface area contributed by atoms with Crippen molar-refractivity contribution in [1.82, 2.24) is 10.2 Å². The van der Waals surface area contributed by atoms with Crippen LogP contribution in [0, 0.1) is 13.8 Å². The molecule has 0 spiro atoms. The van der Waals surface area contributed by atoms with Crippen molar-refractivity contribution in [2.45, 2.75) is 51.9 Å². The van der Waals surface area contributed by atoms with E-state index in [2.05, 4.69) is 5.32 Å². The predicted molar refractivity (Wildman–Crippen MR) is 137 cm³/mol. The molecule has 1 heterocycles. The molecule has 186 valence electrons. The Kier molecular flexibility index (Phi) is 7.68. The number of ether oxygens (including phenoxy) is 1. The van der Waals surface area contributed by atoms with Gasteiger partial charge in [0.2, 0.25) is 11.8 Å². The third kappa shape index (κ3) is 5.74. The molecule has 0 radical (unpaired) electrons. The molecule has 3 N–H and O–H groups in total. The number of carbonyl (C=O) groups excluding carboxylic acids is 3. The monoisotopic (exact) mass is 485 g/mol. The average Bonchev–Trinajstić information content (AvgIpc) is 2.88. The fraction of sp³-hybridized carbons (Fsp3) is 0.276. The molecule has 0 aromatic heterocycles. The van der Waals surface area contributed by atoms with Gasteiger partial charge in [-0.15, -0.1) is 0 Å². The Morgan fingerprint density at radius 3 is 2.25 bits per heavy atom. The normalized spacial score (nSPS) is 15.5. The number of nitrogens with one attached hydrogen (secondary N) is 1. The molecule has 0 unspecified atom stereocenters. The molecule has 0 aliphatic carbocycles. The highest BCUT2D eigenvalue weighted by molar-refractivity contribution is 5.91. The first kappa shape index (κ1) is 25.0. The Labute approximate surface area is 211 Å². The lowest BCUT2D eigenvalue weighted by atomic mass is 9.93. The number of fused-ring (bicyclic) bond motifs is 1. The van der Waals surface area contributed by atoms with Gasteiger partial charge in [0.15, 0.2) is 0 Å². The summed E-state index contributed by atoms with van der Waals surface area (Å²) < 4.78 is 5.56. The van der Waals surface area contributed by atoms with E-state index >= 15 is 0 Å². The van der Waals surface area contributed by atoms with E-state index in [4.69, 9.17) is 10.5 Å². The number of hydrogen-bond donors (Lipinski definition) is 2. The number of carbonyl (C=O) groups is 3. The van der Waals surface area contributed by atoms with E-state index in [1.807, 2.05) is 86.6 Å². The van der Waals surface area contributed by atoms with Crippen molar-refractivity contribution >= 4 is 17.9 Å². The lowest BCUT2D eigenvalue weighted by Crippen LogP contribution is -2.56. The lowest BCUT2D eigenvalue weighted by molar-refractivity contribution is -0.131. The summed E-state index contributed by atoms with van der Waals surface area (Å²) in [5.74, 6) is -1.06. The van der Waals surface area contributed by atoms with Gasteiger partial charge < -0.3 is 15.8 Å². The van der Waals surface area contributed by atoms with Gasteiger partial charge in [0.05, 0.1) is 6.54 Å². The number of hydrogen-bond acceptors (Lipinski definition) is 4. The Morgan fingerprint density at radius 2 is 1.58 bits per heavy atom. The van der Waals surface area contributed by atoms with E-state index in [9.17, 15) is 14.4 Å². The molecule has 2 atom stereocenters. The molecular weight excluding hydrogens is 454 g/mol. The van der Waals surface area contributed by atoms with Crippen molar-refractivity contribution in [2.24, 2.45) is 5.73 Å². The highest BCUT2D eigenvalue weighted by Crippen LogP contribution is 2.25. The first-order valence-corrected chi connectivity index (χ1v) is 12.0. The van der Waals surface area contributed by atoms with Crippen molar-refractivity contribution < 1.29 is 19.1 Å². The van der Waals surface area contributed by atoms with Gasteiger partial charge in [0.25, 0.3) is 0 Å². The first-order valence-electron chi connectivity index (χ1n) is 12.0. The molecule has 1 aliphatic rings. The van der Waals surface area contributed by atoms with Gasteiger partial charge in [-0.05, 0) is 47.2 Å². The van der Waals surface area contributed by atoms with Crippen molar-refractivity contribution in [3.05, 3.63) is 106 Å². The number of benzene rings is 3. The van der Waals surface area contributed by atoms with Gasteiger partial charge in [0, 0.05) is 12.8 Å². The molecule has 3 aromatic carbocycles. The fourth-order valence-electron chi connectivity index (χ4n) is 4.62. The van der Waals surface area contributed by atoms with E-state index in [0.717, 1.165) is 33.4 Å². The smallest absolute Gasteiger partial charge is 0.411 e. The van der Waals surface area contributed by atoms with Crippen molar-refractivity contribution in [3.8, 4) is 0 Å². The molecule has 3 amide bonds. The Bertz CT molecular complexity index is 1240. The van der Waals surface area contributed by atoms with Crippen LogP contribution in [0.15, 0.2) is 72.8 Å². The molecule has 0 saturated carbocycles. The Hall–Kier alpha value is -4.13. The van der Waals surface area contributed by atoms with Crippen LogP contribution in [0.25, 0.3) is 0 Å². The van der Waals surface area contributed by atoms with Gasteiger partial charge in [-0.25, -0.2) is 4.79 Å². The number of nitrogens with zero attached hydrogens (tertiary/aromatic N) is 1. The summed E-state index contributed by atoms with van der Waals surface area (Å²) in [5.41, 5.74) is 11.5. The van der Waals surface area contributed by atoms with Crippen LogP contribution >= 0.6 is 0 Å². The number of rotatable bonds is 7. The third-order valence-corrected chi connectivity index (χ3v) is 6.70. The molecule has 36 heavy (non-hydrogen) atoms. The molecular formula is C29H31N3O4. The van der Waals surface area contributed by atoms with Crippen LogP contribution in [0.1, 0.15) is 33.4 Å². The Morgan fingerprint density at radius 1 is 0.944 bits per heavy atom. The van der Waals surface area contributed by atoms with Gasteiger partial charge in [0.1, 0.15) is 18.7 Å². The molecule has 0 bridgehead atoms. The minimum atomic E-state index is -0.906. The molecule has 7 nitrogen and oxygen atoms in total. The van der Waals surface area contributed by atoms with Gasteiger partial charge >= 0.3 is 6.09 Å². The van der Waals surface area contributed by atoms with Crippen molar-refractivity contribution in [3.63, 3.8) is 0 Å². The van der Waals surface area contributed by atoms with Gasteiger partial charge in [-0.2, -0.15) is 0 Å². The fourth-order valence-corrected chi connectivity index (χ4v) is 4.62. The standard InChI is InChI=1S/C29H31N3O4/c1-19-9-8-10-20(2)24(19)16-25(27(30)33)31-28(34)26-15-22-13-6-7-14-23(22)17-32(26)29(35)36-18-21-11-4-3-5-12-21/h3-14,25-26H,15-18H2,1-2H3,(H2,30,33)(H,31,34)/t25-,26+/m1/s1. The van der Waals surface area contributed by atoms with Gasteiger partial charge in [-0.3, -0.25) is 14.5 Å². The topological polar surface area (TPSA) is 102 Å². The van der Waals surface area contributed by atoms with E-state index in [0.29, 0.717) is 6.42 Å². The zero-order valence-corrected chi connectivity index (χ0v) is 20.6. The molecule has 1 aliphatic heterocycles. The van der Waals surface area contributed by atoms with E-state index in [1.54, 1.807) is 0 Å². The molecule has 7 heteroatoms. The number of amides is 3. The molecule has 4 rings (SSSR count). The Balaban J connectivity index is 1.54. The second kappa shape index (κ2) is 11.1. The van der Waals surface area contributed by atoms with Crippen LogP contribution in [0.5, 0.6) is 0 Å². The van der Waals surface area contributed by atoms with Crippen LogP contribution < -0.4 is 11.1 Å². The summed E-state index contributed by atoms with van der Waals surface area (Å²) in [6, 6.07) is 21.2. The van der Waals surface area contributed by atoms with Crippen LogP contribution in [-0.4, -0.2) is 34.9 Å². The third-order valence-electron chi connectivity index (χ3n) is 6.70. The SMILES string of the molecule is Cc1cccc(C)c1C[C@@H](NC(=O)[C@@H]1Cc2ccccc2CN1C(=O)OCc1ccccc1)C(N)=O. The number of nitrogens with two attached hydrogens (primary N) is 1. The minimum absolute atomic E-state index is 0.0998. The van der Waals surface area contributed by atoms with Crippen LogP contribution in [-0.2, 0) is 40.3 Å². The summed E-state index contributed by atoms with van der Waals surface area (Å²) in [7, 11) is 0. The first-order chi connectivity index (χ1) is 17.3. The van der Waals surface area contributed by atoms with Crippen LogP contribution in [0.4, 0.5) is 4.79 Å². The second-order valence-electron chi connectivity index (χ2n) is 9.19. The number of primary amides is 1. The number of aryl methyl sites for hydroxylation is 2. The average molecular weight is 486 g/mol. The second-order valence-corrected chi connectivity index (χ2v) is 9.19. The highest BCUT2D eigenvalue weighted by atomic mass is 16.6. The molecule has 3 aromatic rings. The summed E-state index contributed by atoms with van der Waals surface area (Å²) in [4.78, 5) is 40.4. The van der Waals surface area contributed by atoms with Crippen molar-refractivity contribution in [2.75, 3.05) is 0 Å². The maximum Gasteiger partial charge on any atom is 0.411 e. The summed E-state index contributed by atoms with van der Waals surface area (Å²) in [6.07, 6.45) is 0.0115. The summed E-state index contributed by atoms with van der Waals surface area (Å²) >= 11 is 0. The minimum Gasteiger partial charge on any atom is -0.445 e. The van der Waals surface area contributed by atoms with E-state index < -0.39 is 30.0 Å². The lowest BCUT2D eigenvalue weighted by Gasteiger charge is -2.35. The predicted octanol–water partition coefficient (Wildman–Crippen LogP) is 3.58. The van der Waals surface area contributed by atoms with Gasteiger partial charge in [-0.1, -0.05) is 72.8 Å². The largest absolute Gasteiger partial charge is 0.445 e. The molecule has 0 saturated heterocycles.